The Morgan fingerprint density at radius 1 is 1.19 bits per heavy atom. The van der Waals surface area contributed by atoms with Crippen molar-refractivity contribution in [2.75, 3.05) is 0 Å². The van der Waals surface area contributed by atoms with Gasteiger partial charge in [-0.15, -0.1) is 5.54 Å². The summed E-state index contributed by atoms with van der Waals surface area (Å²) in [6, 6.07) is 9.99. The van der Waals surface area contributed by atoms with Gasteiger partial charge in [0.25, 0.3) is 0 Å². The molecule has 0 saturated carbocycles. The van der Waals surface area contributed by atoms with Crippen molar-refractivity contribution in [1.29, 1.82) is 0 Å². The number of aryl methyl sites for hydroxylation is 1. The molecule has 0 aromatic heterocycles. The first-order valence-electron chi connectivity index (χ1n) is 5.68. The highest BCUT2D eigenvalue weighted by atomic mass is 28.3. The van der Waals surface area contributed by atoms with Crippen LogP contribution in [0.4, 0.5) is 4.39 Å². The first kappa shape index (κ1) is 13.0. The van der Waals surface area contributed by atoms with E-state index < -0.39 is 14.2 Å². The van der Waals surface area contributed by atoms with E-state index in [4.69, 9.17) is 0 Å². The van der Waals surface area contributed by atoms with Crippen LogP contribution in [0.2, 0.25) is 19.6 Å². The Bertz CT molecular complexity index is 367. The summed E-state index contributed by atoms with van der Waals surface area (Å²) in [6.45, 7) is 6.39. The van der Waals surface area contributed by atoms with Crippen LogP contribution in [0.3, 0.4) is 0 Å². The monoisotopic (exact) mass is 234 g/mol. The lowest BCUT2D eigenvalue weighted by Crippen LogP contribution is -2.17. The van der Waals surface area contributed by atoms with E-state index in [2.05, 4.69) is 31.1 Å². The Morgan fingerprint density at radius 2 is 1.81 bits per heavy atom. The molecule has 0 fully saturated rings. The minimum atomic E-state index is -1.43. The number of benzene rings is 1. The van der Waals surface area contributed by atoms with E-state index in [9.17, 15) is 4.39 Å². The molecule has 1 aromatic rings. The second-order valence-electron chi connectivity index (χ2n) is 5.01. The first-order chi connectivity index (χ1) is 7.47. The molecule has 1 unspecified atom stereocenters. The predicted octanol–water partition coefficient (Wildman–Crippen LogP) is 3.84. The van der Waals surface area contributed by atoms with Crippen LogP contribution < -0.4 is 0 Å². The van der Waals surface area contributed by atoms with Crippen molar-refractivity contribution in [3.05, 3.63) is 35.9 Å². The molecule has 0 aliphatic heterocycles. The van der Waals surface area contributed by atoms with Crippen LogP contribution in [0, 0.1) is 11.5 Å². The van der Waals surface area contributed by atoms with Crippen LogP contribution >= 0.6 is 0 Å². The molecule has 0 N–H and O–H groups in total. The maximum Gasteiger partial charge on any atom is 0.160 e. The van der Waals surface area contributed by atoms with Gasteiger partial charge in [0, 0.05) is 0 Å². The van der Waals surface area contributed by atoms with E-state index >= 15 is 0 Å². The summed E-state index contributed by atoms with van der Waals surface area (Å²) in [5.74, 6) is 2.74. The molecule has 0 aliphatic carbocycles. The standard InChI is InChI=1S/C14H19FSi/c1-16(2,3)12-11-14(15)10-9-13-7-5-4-6-8-13/h4-8,14H,9-10H2,1-3H3. The van der Waals surface area contributed by atoms with Gasteiger partial charge < -0.3 is 0 Å². The quantitative estimate of drug-likeness (QED) is 0.550. The Labute approximate surface area is 98.9 Å². The zero-order valence-corrected chi connectivity index (χ0v) is 11.3. The fourth-order valence-electron chi connectivity index (χ4n) is 1.31. The highest BCUT2D eigenvalue weighted by Gasteiger charge is 2.09. The third-order valence-corrected chi connectivity index (χ3v) is 3.03. The van der Waals surface area contributed by atoms with Gasteiger partial charge in [-0.1, -0.05) is 55.9 Å². The van der Waals surface area contributed by atoms with Gasteiger partial charge in [-0.2, -0.15) is 0 Å². The fourth-order valence-corrected chi connectivity index (χ4v) is 1.89. The van der Waals surface area contributed by atoms with Crippen molar-refractivity contribution in [3.8, 4) is 11.5 Å². The van der Waals surface area contributed by atoms with Crippen LogP contribution in [0.15, 0.2) is 30.3 Å². The molecule has 0 amide bonds. The number of rotatable bonds is 3. The van der Waals surface area contributed by atoms with Crippen molar-refractivity contribution < 1.29 is 4.39 Å². The van der Waals surface area contributed by atoms with Crippen molar-refractivity contribution >= 4 is 8.07 Å². The summed E-state index contributed by atoms with van der Waals surface area (Å²) in [7, 11) is -1.43. The molecule has 0 aliphatic rings. The Balaban J connectivity index is 2.41. The lowest BCUT2D eigenvalue weighted by Gasteiger charge is -2.05. The third kappa shape index (κ3) is 5.72. The van der Waals surface area contributed by atoms with Crippen molar-refractivity contribution in [2.24, 2.45) is 0 Å². The van der Waals surface area contributed by atoms with E-state index in [1.165, 1.54) is 5.56 Å². The number of halogens is 1. The van der Waals surface area contributed by atoms with E-state index in [0.717, 1.165) is 6.42 Å². The molecular formula is C14H19FSi. The van der Waals surface area contributed by atoms with Crippen LogP contribution in [0.25, 0.3) is 0 Å². The lowest BCUT2D eigenvalue weighted by molar-refractivity contribution is 0.391. The molecule has 16 heavy (non-hydrogen) atoms. The molecule has 0 saturated heterocycles. The van der Waals surface area contributed by atoms with Gasteiger partial charge in [0.1, 0.15) is 8.07 Å². The summed E-state index contributed by atoms with van der Waals surface area (Å²) in [5.41, 5.74) is 4.25. The smallest absolute Gasteiger partial charge is 0.160 e. The predicted molar refractivity (Wildman–Crippen MR) is 70.8 cm³/mol. The number of alkyl halides is 1. The third-order valence-electron chi connectivity index (χ3n) is 2.13. The van der Waals surface area contributed by atoms with E-state index in [-0.39, 0.29) is 0 Å². The molecule has 0 nitrogen and oxygen atoms in total. The molecule has 0 heterocycles. The topological polar surface area (TPSA) is 0 Å². The second kappa shape index (κ2) is 5.86. The zero-order chi connectivity index (χ0) is 12.0. The fraction of sp³-hybridized carbons (Fsp3) is 0.429. The van der Waals surface area contributed by atoms with Gasteiger partial charge in [0.2, 0.25) is 0 Å². The van der Waals surface area contributed by atoms with Gasteiger partial charge in [0.05, 0.1) is 0 Å². The summed E-state index contributed by atoms with van der Waals surface area (Å²) in [5, 5.41) is 0. The largest absolute Gasteiger partial charge is 0.233 e. The van der Waals surface area contributed by atoms with Crippen LogP contribution in [0.5, 0.6) is 0 Å². The molecule has 1 rings (SSSR count). The highest BCUT2D eigenvalue weighted by Crippen LogP contribution is 2.07. The molecule has 1 atom stereocenters. The van der Waals surface area contributed by atoms with Crippen molar-refractivity contribution in [1.82, 2.24) is 0 Å². The van der Waals surface area contributed by atoms with Crippen LogP contribution in [-0.4, -0.2) is 14.2 Å². The zero-order valence-electron chi connectivity index (χ0n) is 10.3. The summed E-state index contributed by atoms with van der Waals surface area (Å²) < 4.78 is 13.5. The molecule has 2 heteroatoms. The van der Waals surface area contributed by atoms with Gasteiger partial charge in [-0.05, 0) is 18.4 Å². The molecule has 86 valence electrons. The maximum absolute atomic E-state index is 13.5. The maximum atomic E-state index is 13.5. The van der Waals surface area contributed by atoms with Gasteiger partial charge >= 0.3 is 0 Å². The SMILES string of the molecule is C[Si](C)(C)C#CC(F)CCc1ccccc1. The number of hydrogen-bond donors (Lipinski definition) is 0. The molecule has 0 bridgehead atoms. The van der Waals surface area contributed by atoms with E-state index in [1.807, 2.05) is 30.3 Å². The molecule has 1 aromatic carbocycles. The summed E-state index contributed by atoms with van der Waals surface area (Å²) >= 11 is 0. The lowest BCUT2D eigenvalue weighted by atomic mass is 10.1. The second-order valence-corrected chi connectivity index (χ2v) is 9.76. The van der Waals surface area contributed by atoms with Crippen molar-refractivity contribution in [3.63, 3.8) is 0 Å². The highest BCUT2D eigenvalue weighted by molar-refractivity contribution is 6.83. The Kier molecular flexibility index (Phi) is 4.76. The molecular weight excluding hydrogens is 215 g/mol. The van der Waals surface area contributed by atoms with Gasteiger partial charge in [0.15, 0.2) is 6.17 Å². The van der Waals surface area contributed by atoms with E-state index in [0.29, 0.717) is 6.42 Å². The van der Waals surface area contributed by atoms with E-state index in [1.54, 1.807) is 0 Å². The van der Waals surface area contributed by atoms with Crippen LogP contribution in [0.1, 0.15) is 12.0 Å². The van der Waals surface area contributed by atoms with Gasteiger partial charge in [-0.25, -0.2) is 4.39 Å². The summed E-state index contributed by atoms with van der Waals surface area (Å²) in [6.07, 6.45) is 0.288. The average Bonchev–Trinajstić information content (AvgIpc) is 2.24. The Morgan fingerprint density at radius 3 is 2.38 bits per heavy atom. The van der Waals surface area contributed by atoms with Crippen LogP contribution in [-0.2, 0) is 6.42 Å². The van der Waals surface area contributed by atoms with Crippen molar-refractivity contribution in [2.45, 2.75) is 38.7 Å². The van der Waals surface area contributed by atoms with Gasteiger partial charge in [-0.3, -0.25) is 0 Å². The average molecular weight is 234 g/mol. The molecule has 0 spiro atoms. The first-order valence-corrected chi connectivity index (χ1v) is 9.18. The minimum Gasteiger partial charge on any atom is -0.233 e. The summed E-state index contributed by atoms with van der Waals surface area (Å²) in [4.78, 5) is 0. The normalized spacial score (nSPS) is 12.8. The minimum absolute atomic E-state index is 0.501. The molecule has 0 radical (unpaired) electrons. The Hall–Kier alpha value is -1.07. The number of hydrogen-bond acceptors (Lipinski definition) is 0.